The molecule has 2 N–H and O–H groups in total. The largest absolute Gasteiger partial charge is 0.508 e. The highest BCUT2D eigenvalue weighted by molar-refractivity contribution is 6.46. The minimum absolute atomic E-state index is 0.0874. The molecular weight excluding hydrogens is 428 g/mol. The lowest BCUT2D eigenvalue weighted by Crippen LogP contribution is -2.38. The summed E-state index contributed by atoms with van der Waals surface area (Å²) in [5.41, 5.74) is 3.01. The fourth-order valence-corrected chi connectivity index (χ4v) is 4.39. The van der Waals surface area contributed by atoms with Gasteiger partial charge in [-0.05, 0) is 60.3 Å². The van der Waals surface area contributed by atoms with Gasteiger partial charge in [0.1, 0.15) is 11.5 Å². The maximum absolute atomic E-state index is 13.3. The van der Waals surface area contributed by atoms with E-state index in [4.69, 9.17) is 0 Å². The molecule has 0 bridgehead atoms. The first-order chi connectivity index (χ1) is 16.0. The zero-order valence-corrected chi connectivity index (χ0v) is 21.1. The van der Waals surface area contributed by atoms with Gasteiger partial charge in [0, 0.05) is 18.7 Å². The summed E-state index contributed by atoms with van der Waals surface area (Å²) in [5, 5.41) is 21.3. The molecule has 1 amide bonds. The number of hydrogen-bond donors (Lipinski definition) is 2. The summed E-state index contributed by atoms with van der Waals surface area (Å²) >= 11 is 0. The molecule has 6 heteroatoms. The number of carbonyl (C=O) groups excluding carboxylic acids is 2. The summed E-state index contributed by atoms with van der Waals surface area (Å²) in [6, 6.07) is 11.6. The van der Waals surface area contributed by atoms with Crippen molar-refractivity contribution in [2.45, 2.75) is 53.0 Å². The number of likely N-dealkylation sites (N-methyl/N-ethyl adjacent to an activating group) is 1. The molecule has 0 radical (unpaired) electrons. The number of rotatable bonds is 7. The minimum atomic E-state index is -0.728. The zero-order valence-electron chi connectivity index (χ0n) is 21.1. The van der Waals surface area contributed by atoms with Crippen molar-refractivity contribution in [3.05, 3.63) is 70.3 Å². The van der Waals surface area contributed by atoms with Crippen LogP contribution >= 0.6 is 0 Å². The summed E-state index contributed by atoms with van der Waals surface area (Å²) in [4.78, 5) is 30.2. The van der Waals surface area contributed by atoms with Gasteiger partial charge in [-0.2, -0.15) is 0 Å². The molecule has 0 aromatic heterocycles. The Kier molecular flexibility index (Phi) is 7.51. The Morgan fingerprint density at radius 1 is 1.03 bits per heavy atom. The molecule has 182 valence electrons. The summed E-state index contributed by atoms with van der Waals surface area (Å²) in [6.07, 6.45) is 0. The first-order valence-corrected chi connectivity index (χ1v) is 11.9. The smallest absolute Gasteiger partial charge is 0.295 e. The number of carbonyl (C=O) groups is 2. The van der Waals surface area contributed by atoms with Gasteiger partial charge in [-0.1, -0.05) is 58.9 Å². The van der Waals surface area contributed by atoms with Crippen LogP contribution in [0.3, 0.4) is 0 Å². The number of Topliss-reactive ketones (excluding diaryl/α,β-unsaturated/α-hetero) is 1. The van der Waals surface area contributed by atoms with Gasteiger partial charge in [0.05, 0.1) is 11.6 Å². The molecule has 1 aliphatic heterocycles. The van der Waals surface area contributed by atoms with Crippen molar-refractivity contribution in [3.8, 4) is 5.75 Å². The zero-order chi connectivity index (χ0) is 25.2. The first-order valence-electron chi connectivity index (χ1n) is 11.9. The van der Waals surface area contributed by atoms with E-state index in [0.717, 1.165) is 24.2 Å². The molecule has 3 rings (SSSR count). The van der Waals surface area contributed by atoms with Crippen molar-refractivity contribution in [1.82, 2.24) is 9.80 Å². The molecular formula is C28H36N2O4. The number of aryl methyl sites for hydroxylation is 1. The average molecular weight is 465 g/mol. The minimum Gasteiger partial charge on any atom is -0.508 e. The second-order valence-corrected chi connectivity index (χ2v) is 9.89. The number of nitrogens with zero attached hydrogens (tertiary/aromatic N) is 2. The number of aromatic hydroxyl groups is 1. The van der Waals surface area contributed by atoms with Crippen molar-refractivity contribution >= 4 is 17.4 Å². The van der Waals surface area contributed by atoms with Gasteiger partial charge >= 0.3 is 0 Å². The molecule has 1 unspecified atom stereocenters. The van der Waals surface area contributed by atoms with Crippen molar-refractivity contribution in [2.75, 3.05) is 26.2 Å². The van der Waals surface area contributed by atoms with Crippen LogP contribution < -0.4 is 0 Å². The average Bonchev–Trinajstić information content (AvgIpc) is 3.04. The molecule has 1 saturated heterocycles. The van der Waals surface area contributed by atoms with Gasteiger partial charge in [-0.3, -0.25) is 9.59 Å². The van der Waals surface area contributed by atoms with E-state index in [-0.39, 0.29) is 22.5 Å². The lowest BCUT2D eigenvalue weighted by Gasteiger charge is -2.28. The van der Waals surface area contributed by atoms with E-state index in [1.807, 2.05) is 25.1 Å². The SMILES string of the molecule is CCN(CC)CCN1C(=O)C(=O)/C(=C(/O)c2cc(C(C)(C)C)ccc2C)C1c1ccc(O)cc1. The molecule has 34 heavy (non-hydrogen) atoms. The summed E-state index contributed by atoms with van der Waals surface area (Å²) in [7, 11) is 0. The highest BCUT2D eigenvalue weighted by atomic mass is 16.3. The second-order valence-electron chi connectivity index (χ2n) is 9.89. The van der Waals surface area contributed by atoms with Crippen LogP contribution in [0.15, 0.2) is 48.0 Å². The van der Waals surface area contributed by atoms with Crippen molar-refractivity contribution < 1.29 is 19.8 Å². The predicted octanol–water partition coefficient (Wildman–Crippen LogP) is 4.76. The molecule has 1 fully saturated rings. The molecule has 2 aromatic rings. The Labute approximate surface area is 202 Å². The van der Waals surface area contributed by atoms with Crippen LogP contribution in [0.2, 0.25) is 0 Å². The maximum atomic E-state index is 13.3. The number of aliphatic hydroxyl groups is 1. The standard InChI is InChI=1S/C28H36N2O4/c1-7-29(8-2)15-16-30-24(19-10-13-21(31)14-11-19)23(26(33)27(30)34)25(32)22-17-20(28(4,5)6)12-9-18(22)3/h9-14,17,24,31-32H,7-8,15-16H2,1-6H3/b25-23+. The number of benzene rings is 2. The Bertz CT molecular complexity index is 1090. The van der Waals surface area contributed by atoms with E-state index in [0.29, 0.717) is 24.2 Å². The molecule has 0 spiro atoms. The van der Waals surface area contributed by atoms with Gasteiger partial charge in [0.2, 0.25) is 0 Å². The topological polar surface area (TPSA) is 81.1 Å². The highest BCUT2D eigenvalue weighted by Gasteiger charge is 2.46. The van der Waals surface area contributed by atoms with Gasteiger partial charge in [0.15, 0.2) is 0 Å². The number of phenols is 1. The van der Waals surface area contributed by atoms with Gasteiger partial charge in [0.25, 0.3) is 11.7 Å². The third-order valence-electron chi connectivity index (χ3n) is 6.66. The summed E-state index contributed by atoms with van der Waals surface area (Å²) in [5.74, 6) is -1.37. The van der Waals surface area contributed by atoms with E-state index < -0.39 is 17.7 Å². The lowest BCUT2D eigenvalue weighted by atomic mass is 9.84. The predicted molar refractivity (Wildman–Crippen MR) is 135 cm³/mol. The van der Waals surface area contributed by atoms with Crippen molar-refractivity contribution in [1.29, 1.82) is 0 Å². The van der Waals surface area contributed by atoms with Crippen molar-refractivity contribution in [2.24, 2.45) is 0 Å². The third kappa shape index (κ3) is 5.02. The quantitative estimate of drug-likeness (QED) is 0.351. The molecule has 1 heterocycles. The van der Waals surface area contributed by atoms with E-state index >= 15 is 0 Å². The molecule has 2 aromatic carbocycles. The number of ketones is 1. The van der Waals surface area contributed by atoms with Crippen LogP contribution in [-0.2, 0) is 15.0 Å². The van der Waals surface area contributed by atoms with Gasteiger partial charge in [-0.25, -0.2) is 0 Å². The fourth-order valence-electron chi connectivity index (χ4n) is 4.39. The number of phenolic OH excluding ortho intramolecular Hbond substituents is 1. The summed E-state index contributed by atoms with van der Waals surface area (Å²) < 4.78 is 0. The van der Waals surface area contributed by atoms with E-state index in [2.05, 4.69) is 39.5 Å². The van der Waals surface area contributed by atoms with E-state index in [1.165, 1.54) is 12.1 Å². The first kappa shape index (κ1) is 25.5. The number of hydrogen-bond acceptors (Lipinski definition) is 5. The molecule has 0 saturated carbocycles. The van der Waals surface area contributed by atoms with Gasteiger partial charge in [-0.15, -0.1) is 0 Å². The molecule has 1 aliphatic rings. The molecule has 6 nitrogen and oxygen atoms in total. The number of aliphatic hydroxyl groups excluding tert-OH is 1. The Morgan fingerprint density at radius 2 is 1.65 bits per heavy atom. The molecule has 0 aliphatic carbocycles. The van der Waals surface area contributed by atoms with Crippen LogP contribution in [0.25, 0.3) is 5.76 Å². The van der Waals surface area contributed by atoms with Crippen LogP contribution in [0, 0.1) is 6.92 Å². The fraction of sp³-hybridized carbons (Fsp3) is 0.429. The van der Waals surface area contributed by atoms with Crippen LogP contribution in [0.5, 0.6) is 5.75 Å². The van der Waals surface area contributed by atoms with Crippen LogP contribution in [0.1, 0.15) is 62.9 Å². The summed E-state index contributed by atoms with van der Waals surface area (Å²) in [6.45, 7) is 14.9. The highest BCUT2D eigenvalue weighted by Crippen LogP contribution is 2.40. The monoisotopic (exact) mass is 464 g/mol. The van der Waals surface area contributed by atoms with Gasteiger partial charge < -0.3 is 20.0 Å². The second kappa shape index (κ2) is 10.0. The normalized spacial score (nSPS) is 18.2. The Morgan fingerprint density at radius 3 is 2.21 bits per heavy atom. The van der Waals surface area contributed by atoms with Crippen LogP contribution in [0.4, 0.5) is 0 Å². The van der Waals surface area contributed by atoms with Crippen molar-refractivity contribution in [3.63, 3.8) is 0 Å². The number of likely N-dealkylation sites (tertiary alicyclic amines) is 1. The van der Waals surface area contributed by atoms with E-state index in [1.54, 1.807) is 17.0 Å². The van der Waals surface area contributed by atoms with E-state index in [9.17, 15) is 19.8 Å². The third-order valence-corrected chi connectivity index (χ3v) is 6.66. The Balaban J connectivity index is 2.17. The number of amides is 1. The lowest BCUT2D eigenvalue weighted by molar-refractivity contribution is -0.140. The van der Waals surface area contributed by atoms with Crippen LogP contribution in [-0.4, -0.2) is 57.9 Å². The maximum Gasteiger partial charge on any atom is 0.295 e. The molecule has 1 atom stereocenters. The Hall–Kier alpha value is -3.12.